The first-order valence-corrected chi connectivity index (χ1v) is 8.69. The van der Waals surface area contributed by atoms with Gasteiger partial charge in [0.1, 0.15) is 4.60 Å². The molecular formula is C8H8BrClINO2S. The highest BCUT2D eigenvalue weighted by Crippen LogP contribution is 2.25. The highest BCUT2D eigenvalue weighted by molar-refractivity contribution is 14.2. The Balaban J connectivity index is 2.33. The summed E-state index contributed by atoms with van der Waals surface area (Å²) in [6.07, 6.45) is 1.55. The number of nitrogens with zero attached hydrogens (tertiary/aromatic N) is 1. The van der Waals surface area contributed by atoms with Crippen LogP contribution in [0.5, 0.6) is 5.75 Å². The van der Waals surface area contributed by atoms with E-state index in [4.69, 9.17) is 21.1 Å². The van der Waals surface area contributed by atoms with Crippen molar-refractivity contribution in [2.45, 2.75) is 0 Å². The van der Waals surface area contributed by atoms with Gasteiger partial charge in [-0.05, 0) is 37.1 Å². The molecule has 0 fully saturated rings. The normalized spacial score (nSPS) is 10.3. The first kappa shape index (κ1) is 13.8. The Kier molecular flexibility index (Phi) is 7.32. The fraction of sp³-hybridized carbons (Fsp3) is 0.375. The van der Waals surface area contributed by atoms with E-state index in [0.717, 1.165) is 5.75 Å². The molecule has 0 radical (unpaired) electrons. The lowest BCUT2D eigenvalue weighted by Crippen LogP contribution is -2.05. The monoisotopic (exact) mass is 423 g/mol. The molecule has 84 valence electrons. The van der Waals surface area contributed by atoms with Gasteiger partial charge in [-0.3, -0.25) is 0 Å². The van der Waals surface area contributed by atoms with E-state index in [-0.39, 0.29) is 6.79 Å². The number of halogens is 3. The van der Waals surface area contributed by atoms with Crippen LogP contribution in [0.2, 0.25) is 5.02 Å². The zero-order chi connectivity index (χ0) is 11.1. The van der Waals surface area contributed by atoms with Crippen LogP contribution in [0.1, 0.15) is 0 Å². The fourth-order valence-electron chi connectivity index (χ4n) is 0.760. The maximum Gasteiger partial charge on any atom is 0.189 e. The molecule has 3 nitrogen and oxygen atoms in total. The van der Waals surface area contributed by atoms with Crippen molar-refractivity contribution in [2.24, 2.45) is 0 Å². The molecule has 1 heterocycles. The zero-order valence-corrected chi connectivity index (χ0v) is 12.9. The van der Waals surface area contributed by atoms with Gasteiger partial charge in [0.05, 0.1) is 11.6 Å². The van der Waals surface area contributed by atoms with Crippen molar-refractivity contribution in [3.63, 3.8) is 0 Å². The second kappa shape index (κ2) is 7.94. The topological polar surface area (TPSA) is 31.4 Å². The van der Waals surface area contributed by atoms with Crippen molar-refractivity contribution in [3.8, 4) is 5.75 Å². The molecule has 0 saturated heterocycles. The van der Waals surface area contributed by atoms with E-state index in [2.05, 4.69) is 42.1 Å². The fourth-order valence-corrected chi connectivity index (χ4v) is 1.96. The van der Waals surface area contributed by atoms with Gasteiger partial charge in [-0.1, -0.05) is 20.5 Å². The molecule has 0 N–H and O–H groups in total. The first-order chi connectivity index (χ1) is 7.24. The third-order valence-electron chi connectivity index (χ3n) is 1.38. The highest BCUT2D eigenvalue weighted by atomic mass is 127. The Labute approximate surface area is 118 Å². The lowest BCUT2D eigenvalue weighted by Gasteiger charge is -2.07. The summed E-state index contributed by atoms with van der Waals surface area (Å²) in [5.41, 5.74) is 0. The molecule has 0 bridgehead atoms. The Hall–Kier alpha value is 0.760. The Morgan fingerprint density at radius 1 is 1.60 bits per heavy atom. The molecular weight excluding hydrogens is 416 g/mol. The first-order valence-electron chi connectivity index (χ1n) is 3.99. The number of pyridine rings is 1. The van der Waals surface area contributed by atoms with Gasteiger partial charge in [0.25, 0.3) is 0 Å². The predicted octanol–water partition coefficient (Wildman–Crippen LogP) is 3.93. The molecule has 1 rings (SSSR count). The molecule has 0 saturated carbocycles. The van der Waals surface area contributed by atoms with Gasteiger partial charge < -0.3 is 9.47 Å². The maximum absolute atomic E-state index is 5.77. The van der Waals surface area contributed by atoms with Crippen LogP contribution in [0.4, 0.5) is 0 Å². The second-order valence-corrected chi connectivity index (χ2v) is 6.11. The third-order valence-corrected chi connectivity index (χ3v) is 3.82. The van der Waals surface area contributed by atoms with Crippen molar-refractivity contribution >= 4 is 57.7 Å². The Bertz CT molecular complexity index is 319. The van der Waals surface area contributed by atoms with Gasteiger partial charge in [-0.2, -0.15) is 0 Å². The third kappa shape index (κ3) is 5.58. The van der Waals surface area contributed by atoms with Crippen LogP contribution in [-0.2, 0) is 4.74 Å². The molecule has 0 aliphatic heterocycles. The van der Waals surface area contributed by atoms with Gasteiger partial charge in [0.2, 0.25) is 0 Å². The minimum absolute atomic E-state index is 0.206. The summed E-state index contributed by atoms with van der Waals surface area (Å²) in [6.45, 7) is 0.872. The van der Waals surface area contributed by atoms with E-state index >= 15 is 0 Å². The predicted molar refractivity (Wildman–Crippen MR) is 74.9 cm³/mol. The van der Waals surface area contributed by atoms with Crippen molar-refractivity contribution < 1.29 is 9.47 Å². The largest absolute Gasteiger partial charge is 0.465 e. The van der Waals surface area contributed by atoms with Crippen molar-refractivity contribution in [3.05, 3.63) is 21.9 Å². The summed E-state index contributed by atoms with van der Waals surface area (Å²) in [5.74, 6) is 1.53. The van der Waals surface area contributed by atoms with Crippen molar-refractivity contribution in [2.75, 3.05) is 19.2 Å². The molecule has 0 aliphatic carbocycles. The average Bonchev–Trinajstić information content (AvgIpc) is 2.23. The molecule has 0 unspecified atom stereocenters. The molecule has 1 aromatic heterocycles. The van der Waals surface area contributed by atoms with Crippen LogP contribution in [0.3, 0.4) is 0 Å². The summed E-state index contributed by atoms with van der Waals surface area (Å²) < 4.78 is 11.2. The van der Waals surface area contributed by atoms with E-state index in [1.165, 1.54) is 0 Å². The van der Waals surface area contributed by atoms with E-state index in [1.807, 2.05) is 0 Å². The molecule has 0 spiro atoms. The molecule has 0 amide bonds. The molecule has 0 atom stereocenters. The number of hydrogen-bond donors (Lipinski definition) is 0. The summed E-state index contributed by atoms with van der Waals surface area (Å²) in [5, 5.41) is 0.538. The van der Waals surface area contributed by atoms with Crippen LogP contribution in [0.25, 0.3) is 0 Å². The molecule has 7 heteroatoms. The van der Waals surface area contributed by atoms with Crippen LogP contribution in [0.15, 0.2) is 16.9 Å². The Morgan fingerprint density at radius 3 is 3.13 bits per heavy atom. The van der Waals surface area contributed by atoms with E-state index in [0.29, 0.717) is 22.0 Å². The summed E-state index contributed by atoms with van der Waals surface area (Å²) >= 11 is 11.2. The number of ether oxygens (including phenoxy) is 2. The van der Waals surface area contributed by atoms with Crippen LogP contribution in [-0.4, -0.2) is 24.1 Å². The van der Waals surface area contributed by atoms with Gasteiger partial charge >= 0.3 is 0 Å². The lowest BCUT2D eigenvalue weighted by molar-refractivity contribution is 0.0232. The number of hydrogen-bond acceptors (Lipinski definition) is 4. The molecule has 1 aromatic rings. The summed E-state index contributed by atoms with van der Waals surface area (Å²) in [6, 6.07) is 1.69. The molecule has 15 heavy (non-hydrogen) atoms. The van der Waals surface area contributed by atoms with E-state index in [1.54, 1.807) is 21.2 Å². The maximum atomic E-state index is 5.77. The molecule has 0 aromatic carbocycles. The quantitative estimate of drug-likeness (QED) is 0.300. The lowest BCUT2D eigenvalue weighted by atomic mass is 10.5. The SMILES string of the molecule is Clc1cnc(Br)c(OCOCCSI)c1. The van der Waals surface area contributed by atoms with Crippen molar-refractivity contribution in [1.82, 2.24) is 4.98 Å². The van der Waals surface area contributed by atoms with E-state index in [9.17, 15) is 0 Å². The number of rotatable bonds is 6. The van der Waals surface area contributed by atoms with Gasteiger partial charge in [0.15, 0.2) is 12.5 Å². The van der Waals surface area contributed by atoms with Crippen molar-refractivity contribution in [1.29, 1.82) is 0 Å². The standard InChI is InChI=1S/C8H8BrClINO2S/c9-8-7(3-6(10)4-12-8)14-5-13-1-2-15-11/h3-4H,1-2,5H2. The summed E-state index contributed by atoms with van der Waals surface area (Å²) in [7, 11) is 1.70. The zero-order valence-electron chi connectivity index (χ0n) is 7.58. The highest BCUT2D eigenvalue weighted by Gasteiger charge is 2.03. The van der Waals surface area contributed by atoms with Gasteiger partial charge in [0, 0.05) is 18.0 Å². The smallest absolute Gasteiger partial charge is 0.189 e. The second-order valence-electron chi connectivity index (χ2n) is 2.43. The number of aromatic nitrogens is 1. The minimum Gasteiger partial charge on any atom is -0.465 e. The van der Waals surface area contributed by atoms with Gasteiger partial charge in [-0.25, -0.2) is 4.98 Å². The Morgan fingerprint density at radius 2 is 2.40 bits per heavy atom. The van der Waals surface area contributed by atoms with Crippen LogP contribution in [0, 0.1) is 0 Å². The van der Waals surface area contributed by atoms with Crippen LogP contribution < -0.4 is 4.74 Å². The molecule has 0 aliphatic rings. The minimum atomic E-state index is 0.206. The summed E-state index contributed by atoms with van der Waals surface area (Å²) in [4.78, 5) is 3.99. The van der Waals surface area contributed by atoms with Crippen LogP contribution >= 0.6 is 57.7 Å². The average molecular weight is 424 g/mol. The van der Waals surface area contributed by atoms with Gasteiger partial charge in [-0.15, -0.1) is 0 Å². The van der Waals surface area contributed by atoms with E-state index < -0.39 is 0 Å².